The van der Waals surface area contributed by atoms with Gasteiger partial charge in [-0.1, -0.05) is 12.1 Å². The molecule has 0 spiro atoms. The van der Waals surface area contributed by atoms with Crippen LogP contribution in [0, 0.1) is 39.0 Å². The van der Waals surface area contributed by atoms with Crippen molar-refractivity contribution in [3.05, 3.63) is 69.4 Å². The SMILES string of the molecule is Cc1sc(-n2c(C)ccc2C)c(C(=O)OCC(=O)Nc2ccccc2C#N)c1C. The van der Waals surface area contributed by atoms with Gasteiger partial charge in [0.05, 0.1) is 16.8 Å². The van der Waals surface area contributed by atoms with Gasteiger partial charge in [-0.2, -0.15) is 5.26 Å². The first-order valence-corrected chi connectivity index (χ1v) is 9.86. The van der Waals surface area contributed by atoms with Gasteiger partial charge in [0.2, 0.25) is 0 Å². The Morgan fingerprint density at radius 2 is 1.76 bits per heavy atom. The van der Waals surface area contributed by atoms with E-state index in [2.05, 4.69) is 5.32 Å². The van der Waals surface area contributed by atoms with Gasteiger partial charge < -0.3 is 14.6 Å². The second kappa shape index (κ2) is 8.33. The molecule has 1 aromatic carbocycles. The van der Waals surface area contributed by atoms with E-state index in [1.165, 1.54) is 11.3 Å². The number of esters is 1. The van der Waals surface area contributed by atoms with E-state index in [1.807, 2.05) is 50.5 Å². The van der Waals surface area contributed by atoms with Crippen molar-refractivity contribution in [3.63, 3.8) is 0 Å². The number of benzene rings is 1. The zero-order chi connectivity index (χ0) is 21.1. The van der Waals surface area contributed by atoms with Crippen LogP contribution >= 0.6 is 11.3 Å². The Kier molecular flexibility index (Phi) is 5.85. The number of para-hydroxylation sites is 1. The standard InChI is InChI=1S/C22H21N3O3S/c1-13-9-10-14(2)25(13)21-20(15(3)16(4)29-21)22(27)28-12-19(26)24-18-8-6-5-7-17(18)11-23/h5-10H,12H2,1-4H3,(H,24,26). The number of anilines is 1. The predicted octanol–water partition coefficient (Wildman–Crippen LogP) is 4.44. The topological polar surface area (TPSA) is 84.1 Å². The minimum atomic E-state index is -0.543. The molecule has 2 aromatic heterocycles. The molecule has 3 aromatic rings. The Morgan fingerprint density at radius 1 is 1.10 bits per heavy atom. The summed E-state index contributed by atoms with van der Waals surface area (Å²) in [6, 6.07) is 12.7. The zero-order valence-electron chi connectivity index (χ0n) is 16.7. The number of carbonyl (C=O) groups is 2. The first-order valence-electron chi connectivity index (χ1n) is 9.05. The maximum atomic E-state index is 12.8. The third kappa shape index (κ3) is 4.08. The lowest BCUT2D eigenvalue weighted by Crippen LogP contribution is -2.22. The van der Waals surface area contributed by atoms with E-state index < -0.39 is 18.5 Å². The Bertz CT molecular complexity index is 1120. The lowest BCUT2D eigenvalue weighted by molar-refractivity contribution is -0.119. The second-order valence-corrected chi connectivity index (χ2v) is 7.90. The summed E-state index contributed by atoms with van der Waals surface area (Å²) in [4.78, 5) is 26.1. The van der Waals surface area contributed by atoms with Crippen LogP contribution in [0.2, 0.25) is 0 Å². The number of nitrogens with one attached hydrogen (secondary N) is 1. The molecule has 6 nitrogen and oxygen atoms in total. The highest BCUT2D eigenvalue weighted by Gasteiger charge is 2.24. The Labute approximate surface area is 173 Å². The number of amides is 1. The molecule has 1 N–H and O–H groups in total. The van der Waals surface area contributed by atoms with Crippen LogP contribution in [0.1, 0.15) is 37.7 Å². The van der Waals surface area contributed by atoms with Crippen LogP contribution in [0.5, 0.6) is 0 Å². The van der Waals surface area contributed by atoms with E-state index in [4.69, 9.17) is 10.00 Å². The summed E-state index contributed by atoms with van der Waals surface area (Å²) in [5.41, 5.74) is 4.08. The molecular formula is C22H21N3O3S. The molecule has 0 aliphatic carbocycles. The minimum Gasteiger partial charge on any atom is -0.452 e. The fourth-order valence-corrected chi connectivity index (χ4v) is 4.34. The van der Waals surface area contributed by atoms with Gasteiger partial charge in [-0.05, 0) is 57.5 Å². The molecule has 0 unspecified atom stereocenters. The van der Waals surface area contributed by atoms with Crippen molar-refractivity contribution < 1.29 is 14.3 Å². The van der Waals surface area contributed by atoms with Crippen LogP contribution in [0.25, 0.3) is 5.00 Å². The summed E-state index contributed by atoms with van der Waals surface area (Å²) in [6.45, 7) is 7.36. The number of aryl methyl sites for hydroxylation is 3. The van der Waals surface area contributed by atoms with Gasteiger partial charge in [0.15, 0.2) is 6.61 Å². The van der Waals surface area contributed by atoms with Crippen LogP contribution < -0.4 is 5.32 Å². The Hall–Kier alpha value is -3.37. The van der Waals surface area contributed by atoms with Crippen molar-refractivity contribution in [1.82, 2.24) is 4.57 Å². The third-order valence-corrected chi connectivity index (χ3v) is 5.89. The number of nitrogens with zero attached hydrogens (tertiary/aromatic N) is 2. The molecular weight excluding hydrogens is 386 g/mol. The molecule has 0 radical (unpaired) electrons. The van der Waals surface area contributed by atoms with Crippen molar-refractivity contribution in [1.29, 1.82) is 5.26 Å². The second-order valence-electron chi connectivity index (χ2n) is 6.70. The third-order valence-electron chi connectivity index (χ3n) is 4.70. The summed E-state index contributed by atoms with van der Waals surface area (Å²) >= 11 is 1.52. The van der Waals surface area contributed by atoms with Crippen LogP contribution in [0.15, 0.2) is 36.4 Å². The van der Waals surface area contributed by atoms with Crippen molar-refractivity contribution in [2.45, 2.75) is 27.7 Å². The van der Waals surface area contributed by atoms with E-state index in [0.717, 1.165) is 26.8 Å². The summed E-state index contributed by atoms with van der Waals surface area (Å²) in [6.07, 6.45) is 0. The fourth-order valence-electron chi connectivity index (χ4n) is 3.07. The van der Waals surface area contributed by atoms with E-state index >= 15 is 0 Å². The van der Waals surface area contributed by atoms with Gasteiger partial charge in [-0.25, -0.2) is 4.79 Å². The average molecular weight is 407 g/mol. The highest BCUT2D eigenvalue weighted by molar-refractivity contribution is 7.15. The molecule has 0 saturated carbocycles. The summed E-state index contributed by atoms with van der Waals surface area (Å²) in [7, 11) is 0. The molecule has 7 heteroatoms. The zero-order valence-corrected chi connectivity index (χ0v) is 17.5. The number of rotatable bonds is 5. The highest BCUT2D eigenvalue weighted by Crippen LogP contribution is 2.33. The number of nitriles is 1. The van der Waals surface area contributed by atoms with Gasteiger partial charge in [0, 0.05) is 16.3 Å². The number of aromatic nitrogens is 1. The van der Waals surface area contributed by atoms with E-state index in [-0.39, 0.29) is 0 Å². The number of hydrogen-bond donors (Lipinski definition) is 1. The van der Waals surface area contributed by atoms with Crippen molar-refractivity contribution in [2.75, 3.05) is 11.9 Å². The molecule has 3 rings (SSSR count). The first kappa shape index (κ1) is 20.4. The smallest absolute Gasteiger partial charge is 0.341 e. The molecule has 29 heavy (non-hydrogen) atoms. The lowest BCUT2D eigenvalue weighted by Gasteiger charge is -2.11. The van der Waals surface area contributed by atoms with Crippen molar-refractivity contribution >= 4 is 28.9 Å². The largest absolute Gasteiger partial charge is 0.452 e. The fraction of sp³-hybridized carbons (Fsp3) is 0.227. The normalized spacial score (nSPS) is 10.4. The predicted molar refractivity (Wildman–Crippen MR) is 113 cm³/mol. The van der Waals surface area contributed by atoms with E-state index in [0.29, 0.717) is 16.8 Å². The molecule has 0 saturated heterocycles. The summed E-state index contributed by atoms with van der Waals surface area (Å²) in [5.74, 6) is -1.04. The van der Waals surface area contributed by atoms with Gasteiger partial charge in [0.1, 0.15) is 11.1 Å². The van der Waals surface area contributed by atoms with Crippen LogP contribution in [-0.4, -0.2) is 23.1 Å². The van der Waals surface area contributed by atoms with Crippen LogP contribution in [0.4, 0.5) is 5.69 Å². The number of hydrogen-bond acceptors (Lipinski definition) is 5. The van der Waals surface area contributed by atoms with Crippen LogP contribution in [-0.2, 0) is 9.53 Å². The Morgan fingerprint density at radius 3 is 2.41 bits per heavy atom. The minimum absolute atomic E-state index is 0.345. The number of ether oxygens (including phenoxy) is 1. The number of carbonyl (C=O) groups excluding carboxylic acids is 2. The molecule has 0 aliphatic heterocycles. The highest BCUT2D eigenvalue weighted by atomic mass is 32.1. The van der Waals surface area contributed by atoms with Gasteiger partial charge in [0.25, 0.3) is 5.91 Å². The molecule has 1 amide bonds. The van der Waals surface area contributed by atoms with Crippen molar-refractivity contribution in [3.8, 4) is 11.1 Å². The Balaban J connectivity index is 1.78. The summed E-state index contributed by atoms with van der Waals surface area (Å²) in [5, 5.41) is 12.5. The van der Waals surface area contributed by atoms with Crippen LogP contribution in [0.3, 0.4) is 0 Å². The number of thiophene rings is 1. The monoisotopic (exact) mass is 407 g/mol. The summed E-state index contributed by atoms with van der Waals surface area (Å²) < 4.78 is 7.33. The molecule has 0 aliphatic rings. The molecule has 148 valence electrons. The maximum Gasteiger partial charge on any atom is 0.341 e. The lowest BCUT2D eigenvalue weighted by atomic mass is 10.1. The van der Waals surface area contributed by atoms with Gasteiger partial charge >= 0.3 is 5.97 Å². The average Bonchev–Trinajstić information content (AvgIpc) is 3.18. The van der Waals surface area contributed by atoms with Crippen molar-refractivity contribution in [2.24, 2.45) is 0 Å². The molecule has 0 bridgehead atoms. The van der Waals surface area contributed by atoms with E-state index in [9.17, 15) is 9.59 Å². The molecule has 0 fully saturated rings. The first-order chi connectivity index (χ1) is 13.8. The van der Waals surface area contributed by atoms with Gasteiger partial charge in [-0.15, -0.1) is 11.3 Å². The molecule has 2 heterocycles. The van der Waals surface area contributed by atoms with E-state index in [1.54, 1.807) is 24.3 Å². The maximum absolute atomic E-state index is 12.8. The van der Waals surface area contributed by atoms with Gasteiger partial charge in [-0.3, -0.25) is 4.79 Å². The molecule has 0 atom stereocenters. The quantitative estimate of drug-likeness (QED) is 0.634.